The van der Waals surface area contributed by atoms with Crippen LogP contribution in [0.15, 0.2) is 36.7 Å². The number of nitrogens with one attached hydrogen (secondary N) is 2. The summed E-state index contributed by atoms with van der Waals surface area (Å²) in [4.78, 5) is 12.9. The van der Waals surface area contributed by atoms with Gasteiger partial charge in [0, 0.05) is 18.9 Å². The van der Waals surface area contributed by atoms with Crippen LogP contribution >= 0.6 is 0 Å². The molecule has 0 bridgehead atoms. The Morgan fingerprint density at radius 3 is 2.88 bits per heavy atom. The second-order valence-corrected chi connectivity index (χ2v) is 5.88. The number of methoxy groups -OCH3 is 1. The number of nitrogens with zero attached hydrogens (tertiary/aromatic N) is 2. The van der Waals surface area contributed by atoms with Crippen LogP contribution in [0.3, 0.4) is 0 Å². The molecule has 0 unspecified atom stereocenters. The van der Waals surface area contributed by atoms with Gasteiger partial charge in [0.05, 0.1) is 7.11 Å². The van der Waals surface area contributed by atoms with E-state index in [1.54, 1.807) is 23.0 Å². The molecule has 7 heteroatoms. The van der Waals surface area contributed by atoms with E-state index in [1.165, 1.54) is 13.2 Å². The van der Waals surface area contributed by atoms with Crippen molar-refractivity contribution < 1.29 is 13.9 Å². The van der Waals surface area contributed by atoms with Crippen LogP contribution < -0.4 is 15.4 Å². The van der Waals surface area contributed by atoms with Crippen molar-refractivity contribution >= 4 is 5.91 Å². The van der Waals surface area contributed by atoms with E-state index in [0.29, 0.717) is 18.4 Å². The van der Waals surface area contributed by atoms with Crippen molar-refractivity contribution in [1.29, 1.82) is 0 Å². The summed E-state index contributed by atoms with van der Waals surface area (Å²) in [7, 11) is 1.42. The van der Waals surface area contributed by atoms with Gasteiger partial charge in [0.25, 0.3) is 0 Å². The fourth-order valence-electron chi connectivity index (χ4n) is 3.09. The van der Waals surface area contributed by atoms with E-state index in [1.807, 2.05) is 12.3 Å². The van der Waals surface area contributed by atoms with Crippen LogP contribution in [0.4, 0.5) is 4.39 Å². The molecular formula is C17H21FN4O2. The number of carbonyl (C=O) groups is 1. The first kappa shape index (κ1) is 16.4. The molecular weight excluding hydrogens is 311 g/mol. The molecule has 1 aromatic carbocycles. The summed E-state index contributed by atoms with van der Waals surface area (Å²) in [6.07, 6.45) is 4.82. The largest absolute Gasteiger partial charge is 0.494 e. The van der Waals surface area contributed by atoms with Crippen molar-refractivity contribution in [3.05, 3.63) is 48.0 Å². The molecule has 1 aromatic heterocycles. The number of ether oxygens (including phenoxy) is 1. The molecule has 0 saturated carbocycles. The summed E-state index contributed by atoms with van der Waals surface area (Å²) in [6.45, 7) is 1.77. The summed E-state index contributed by atoms with van der Waals surface area (Å²) in [5.41, 5.74) is -0.00838. The lowest BCUT2D eigenvalue weighted by Crippen LogP contribution is -2.54. The minimum Gasteiger partial charge on any atom is -0.494 e. The van der Waals surface area contributed by atoms with Gasteiger partial charge in [0.1, 0.15) is 5.54 Å². The monoisotopic (exact) mass is 332 g/mol. The molecule has 2 heterocycles. The highest BCUT2D eigenvalue weighted by molar-refractivity contribution is 5.84. The number of piperidine rings is 1. The Balaban J connectivity index is 1.73. The minimum absolute atomic E-state index is 0.0936. The predicted molar refractivity (Wildman–Crippen MR) is 87.1 cm³/mol. The summed E-state index contributed by atoms with van der Waals surface area (Å²) in [5, 5.41) is 10.5. The Labute approximate surface area is 140 Å². The first-order valence-corrected chi connectivity index (χ1v) is 7.97. The molecule has 0 radical (unpaired) electrons. The van der Waals surface area contributed by atoms with E-state index in [2.05, 4.69) is 15.7 Å². The van der Waals surface area contributed by atoms with Gasteiger partial charge in [-0.05, 0) is 49.7 Å². The molecule has 1 fully saturated rings. The first-order valence-electron chi connectivity index (χ1n) is 7.97. The molecule has 2 aromatic rings. The highest BCUT2D eigenvalue weighted by Gasteiger charge is 2.41. The molecule has 1 aliphatic rings. The van der Waals surface area contributed by atoms with Gasteiger partial charge < -0.3 is 15.4 Å². The zero-order valence-electron chi connectivity index (χ0n) is 13.6. The third kappa shape index (κ3) is 3.12. The zero-order chi connectivity index (χ0) is 17.0. The van der Waals surface area contributed by atoms with Crippen molar-refractivity contribution in [1.82, 2.24) is 20.4 Å². The van der Waals surface area contributed by atoms with Gasteiger partial charge in [-0.3, -0.25) is 9.48 Å². The van der Waals surface area contributed by atoms with Crippen LogP contribution in [0.5, 0.6) is 5.75 Å². The molecule has 24 heavy (non-hydrogen) atoms. The van der Waals surface area contributed by atoms with Gasteiger partial charge >= 0.3 is 0 Å². The maximum atomic E-state index is 13.8. The van der Waals surface area contributed by atoms with Gasteiger partial charge in [-0.1, -0.05) is 6.07 Å². The fraction of sp³-hybridized carbons (Fsp3) is 0.412. The number of halogens is 1. The molecule has 3 rings (SSSR count). The normalized spacial score (nSPS) is 16.6. The molecule has 0 aliphatic carbocycles. The van der Waals surface area contributed by atoms with E-state index in [0.717, 1.165) is 13.1 Å². The SMILES string of the molecule is COc1ccc(CNC(=O)C2(n3cccn3)CCNCC2)cc1F. The van der Waals surface area contributed by atoms with Crippen LogP contribution in [0, 0.1) is 5.82 Å². The number of amides is 1. The lowest BCUT2D eigenvalue weighted by Gasteiger charge is -2.36. The van der Waals surface area contributed by atoms with Gasteiger partial charge in [0.15, 0.2) is 11.6 Å². The lowest BCUT2D eigenvalue weighted by atomic mass is 9.87. The van der Waals surface area contributed by atoms with Gasteiger partial charge in [0.2, 0.25) is 5.91 Å². The van der Waals surface area contributed by atoms with Crippen molar-refractivity contribution in [2.24, 2.45) is 0 Å². The Morgan fingerprint density at radius 1 is 1.46 bits per heavy atom. The Hall–Kier alpha value is -2.41. The summed E-state index contributed by atoms with van der Waals surface area (Å²) in [6, 6.07) is 6.49. The van der Waals surface area contributed by atoms with E-state index >= 15 is 0 Å². The van der Waals surface area contributed by atoms with E-state index in [4.69, 9.17) is 4.74 Å². The lowest BCUT2D eigenvalue weighted by molar-refractivity contribution is -0.132. The number of hydrogen-bond acceptors (Lipinski definition) is 4. The topological polar surface area (TPSA) is 68.2 Å². The highest BCUT2D eigenvalue weighted by Crippen LogP contribution is 2.27. The van der Waals surface area contributed by atoms with Gasteiger partial charge in [-0.2, -0.15) is 5.10 Å². The average molecular weight is 332 g/mol. The molecule has 1 saturated heterocycles. The molecule has 2 N–H and O–H groups in total. The number of aromatic nitrogens is 2. The minimum atomic E-state index is -0.695. The fourth-order valence-corrected chi connectivity index (χ4v) is 3.09. The molecule has 0 spiro atoms. The van der Waals surface area contributed by atoms with Gasteiger partial charge in [-0.25, -0.2) is 4.39 Å². The Morgan fingerprint density at radius 2 is 2.25 bits per heavy atom. The van der Waals surface area contributed by atoms with Crippen LogP contribution in [0.2, 0.25) is 0 Å². The van der Waals surface area contributed by atoms with E-state index in [9.17, 15) is 9.18 Å². The average Bonchev–Trinajstić information content (AvgIpc) is 3.15. The standard InChI is InChI=1S/C17H21FN4O2/c1-24-15-4-3-13(11-14(15)18)12-20-16(23)17(5-8-19-9-6-17)22-10-2-7-21-22/h2-4,7,10-11,19H,5-6,8-9,12H2,1H3,(H,20,23). The number of benzene rings is 1. The summed E-state index contributed by atoms with van der Waals surface area (Å²) >= 11 is 0. The first-order chi connectivity index (χ1) is 11.7. The van der Waals surface area contributed by atoms with Crippen molar-refractivity contribution in [3.63, 3.8) is 0 Å². The summed E-state index contributed by atoms with van der Waals surface area (Å²) in [5.74, 6) is -0.340. The zero-order valence-corrected chi connectivity index (χ0v) is 13.6. The molecule has 1 aliphatic heterocycles. The molecule has 0 atom stereocenters. The molecule has 128 valence electrons. The second-order valence-electron chi connectivity index (χ2n) is 5.88. The molecule has 6 nitrogen and oxygen atoms in total. The third-order valence-electron chi connectivity index (χ3n) is 4.47. The van der Waals surface area contributed by atoms with E-state index in [-0.39, 0.29) is 18.2 Å². The smallest absolute Gasteiger partial charge is 0.248 e. The quantitative estimate of drug-likeness (QED) is 0.869. The van der Waals surface area contributed by atoms with Crippen LogP contribution in [-0.4, -0.2) is 35.9 Å². The molecule has 1 amide bonds. The van der Waals surface area contributed by atoms with Crippen molar-refractivity contribution in [2.45, 2.75) is 24.9 Å². The van der Waals surface area contributed by atoms with Crippen LogP contribution in [0.25, 0.3) is 0 Å². The van der Waals surface area contributed by atoms with Crippen LogP contribution in [-0.2, 0) is 16.9 Å². The van der Waals surface area contributed by atoms with Gasteiger partial charge in [-0.15, -0.1) is 0 Å². The third-order valence-corrected chi connectivity index (χ3v) is 4.47. The van der Waals surface area contributed by atoms with Crippen molar-refractivity contribution in [2.75, 3.05) is 20.2 Å². The van der Waals surface area contributed by atoms with Crippen LogP contribution in [0.1, 0.15) is 18.4 Å². The maximum Gasteiger partial charge on any atom is 0.248 e. The van der Waals surface area contributed by atoms with E-state index < -0.39 is 11.4 Å². The number of hydrogen-bond donors (Lipinski definition) is 2. The summed E-state index contributed by atoms with van der Waals surface area (Å²) < 4.78 is 20.4. The second kappa shape index (κ2) is 7.00. The maximum absolute atomic E-state index is 13.8. The Kier molecular flexibility index (Phi) is 4.80. The number of carbonyl (C=O) groups excluding carboxylic acids is 1. The predicted octanol–water partition coefficient (Wildman–Crippen LogP) is 1.43. The van der Waals surface area contributed by atoms with Crippen molar-refractivity contribution in [3.8, 4) is 5.75 Å². The highest BCUT2D eigenvalue weighted by atomic mass is 19.1. The Bertz CT molecular complexity index is 697. The number of rotatable bonds is 5.